The van der Waals surface area contributed by atoms with Crippen molar-refractivity contribution in [2.75, 3.05) is 6.54 Å². The number of hydrogen-bond donors (Lipinski definition) is 2. The van der Waals surface area contributed by atoms with Crippen molar-refractivity contribution in [2.24, 2.45) is 0 Å². The van der Waals surface area contributed by atoms with Crippen molar-refractivity contribution >= 4 is 11.0 Å². The Morgan fingerprint density at radius 2 is 1.71 bits per heavy atom. The summed E-state index contributed by atoms with van der Waals surface area (Å²) >= 11 is 0. The van der Waals surface area contributed by atoms with Crippen molar-refractivity contribution in [1.82, 2.24) is 15.3 Å². The number of aromatic hydroxyl groups is 1. The van der Waals surface area contributed by atoms with Gasteiger partial charge in [-0.1, -0.05) is 24.3 Å². The SMILES string of the molecule is Oc1ccc(CCNCc2cnc3ccccc3n2)cc1. The highest BCUT2D eigenvalue weighted by Crippen LogP contribution is 2.10. The van der Waals surface area contributed by atoms with Gasteiger partial charge in [0, 0.05) is 6.54 Å². The molecule has 0 aliphatic carbocycles. The Kier molecular flexibility index (Phi) is 4.07. The number of nitrogens with one attached hydrogen (secondary N) is 1. The topological polar surface area (TPSA) is 58.0 Å². The Hall–Kier alpha value is -2.46. The largest absolute Gasteiger partial charge is 0.508 e. The maximum atomic E-state index is 9.23. The summed E-state index contributed by atoms with van der Waals surface area (Å²) in [4.78, 5) is 8.97. The second kappa shape index (κ2) is 6.33. The summed E-state index contributed by atoms with van der Waals surface area (Å²) < 4.78 is 0. The zero-order valence-electron chi connectivity index (χ0n) is 11.7. The first-order valence-corrected chi connectivity index (χ1v) is 7.00. The van der Waals surface area contributed by atoms with E-state index in [1.165, 1.54) is 5.56 Å². The van der Waals surface area contributed by atoms with Crippen molar-refractivity contribution < 1.29 is 5.11 Å². The minimum absolute atomic E-state index is 0.304. The van der Waals surface area contributed by atoms with Gasteiger partial charge in [0.25, 0.3) is 0 Å². The predicted octanol–water partition coefficient (Wildman–Crippen LogP) is 2.67. The van der Waals surface area contributed by atoms with Gasteiger partial charge in [0.15, 0.2) is 0 Å². The van der Waals surface area contributed by atoms with Crippen LogP contribution >= 0.6 is 0 Å². The number of benzene rings is 2. The molecule has 0 spiro atoms. The van der Waals surface area contributed by atoms with E-state index in [-0.39, 0.29) is 0 Å². The molecular formula is C17H17N3O. The lowest BCUT2D eigenvalue weighted by Gasteiger charge is -2.05. The Morgan fingerprint density at radius 1 is 0.952 bits per heavy atom. The highest BCUT2D eigenvalue weighted by molar-refractivity contribution is 5.73. The molecule has 0 amide bonds. The van der Waals surface area contributed by atoms with Crippen LogP contribution in [0.5, 0.6) is 5.75 Å². The average molecular weight is 279 g/mol. The summed E-state index contributed by atoms with van der Waals surface area (Å²) in [6.07, 6.45) is 2.73. The van der Waals surface area contributed by atoms with Gasteiger partial charge in [-0.3, -0.25) is 4.98 Å². The minimum Gasteiger partial charge on any atom is -0.508 e. The molecule has 0 unspecified atom stereocenters. The van der Waals surface area contributed by atoms with Gasteiger partial charge < -0.3 is 10.4 Å². The normalized spacial score (nSPS) is 10.9. The van der Waals surface area contributed by atoms with Crippen molar-refractivity contribution in [2.45, 2.75) is 13.0 Å². The first-order chi connectivity index (χ1) is 10.3. The second-order valence-corrected chi connectivity index (χ2v) is 4.94. The summed E-state index contributed by atoms with van der Waals surface area (Å²) in [5.41, 5.74) is 3.99. The zero-order chi connectivity index (χ0) is 14.5. The van der Waals surface area contributed by atoms with E-state index in [2.05, 4.69) is 15.3 Å². The molecule has 0 saturated heterocycles. The van der Waals surface area contributed by atoms with Gasteiger partial charge in [0.1, 0.15) is 5.75 Å². The van der Waals surface area contributed by atoms with Crippen molar-refractivity contribution in [1.29, 1.82) is 0 Å². The molecule has 3 aromatic rings. The first kappa shape index (κ1) is 13.5. The fraction of sp³-hybridized carbons (Fsp3) is 0.176. The zero-order valence-corrected chi connectivity index (χ0v) is 11.7. The Bertz CT molecular complexity index is 725. The molecular weight excluding hydrogens is 262 g/mol. The van der Waals surface area contributed by atoms with Gasteiger partial charge >= 0.3 is 0 Å². The first-order valence-electron chi connectivity index (χ1n) is 7.00. The van der Waals surface area contributed by atoms with Crippen LogP contribution in [0.1, 0.15) is 11.3 Å². The van der Waals surface area contributed by atoms with Crippen LogP contribution in [-0.4, -0.2) is 21.6 Å². The lowest BCUT2D eigenvalue weighted by Crippen LogP contribution is -2.17. The van der Waals surface area contributed by atoms with Crippen molar-refractivity contribution in [3.63, 3.8) is 0 Å². The molecule has 0 aliphatic heterocycles. The summed E-state index contributed by atoms with van der Waals surface area (Å²) in [5, 5.41) is 12.6. The smallest absolute Gasteiger partial charge is 0.115 e. The van der Waals surface area contributed by atoms with Crippen LogP contribution < -0.4 is 5.32 Å². The molecule has 0 radical (unpaired) electrons. The van der Waals surface area contributed by atoms with E-state index in [9.17, 15) is 5.11 Å². The van der Waals surface area contributed by atoms with E-state index in [0.717, 1.165) is 29.7 Å². The lowest BCUT2D eigenvalue weighted by molar-refractivity contribution is 0.475. The maximum Gasteiger partial charge on any atom is 0.115 e. The number of aromatic nitrogens is 2. The van der Waals surface area contributed by atoms with Crippen LogP contribution in [0.25, 0.3) is 11.0 Å². The molecule has 4 nitrogen and oxygen atoms in total. The molecule has 3 rings (SSSR count). The second-order valence-electron chi connectivity index (χ2n) is 4.94. The lowest BCUT2D eigenvalue weighted by atomic mass is 10.1. The summed E-state index contributed by atoms with van der Waals surface area (Å²) in [7, 11) is 0. The van der Waals surface area contributed by atoms with E-state index in [0.29, 0.717) is 12.3 Å². The van der Waals surface area contributed by atoms with Crippen LogP contribution in [-0.2, 0) is 13.0 Å². The molecule has 2 aromatic carbocycles. The van der Waals surface area contributed by atoms with Crippen LogP contribution in [0.15, 0.2) is 54.7 Å². The molecule has 1 aromatic heterocycles. The number of phenols is 1. The number of rotatable bonds is 5. The van der Waals surface area contributed by atoms with Gasteiger partial charge in [0.05, 0.1) is 22.9 Å². The van der Waals surface area contributed by atoms with E-state index < -0.39 is 0 Å². The van der Waals surface area contributed by atoms with Crippen molar-refractivity contribution in [3.05, 3.63) is 66.0 Å². The molecule has 0 fully saturated rings. The number of nitrogens with zero attached hydrogens (tertiary/aromatic N) is 2. The Morgan fingerprint density at radius 3 is 2.52 bits per heavy atom. The highest BCUT2D eigenvalue weighted by Gasteiger charge is 1.99. The third kappa shape index (κ3) is 3.55. The number of para-hydroxylation sites is 2. The summed E-state index contributed by atoms with van der Waals surface area (Å²) in [6, 6.07) is 15.2. The number of fused-ring (bicyclic) bond motifs is 1. The predicted molar refractivity (Wildman–Crippen MR) is 83.1 cm³/mol. The summed E-state index contributed by atoms with van der Waals surface area (Å²) in [6.45, 7) is 1.56. The van der Waals surface area contributed by atoms with Crippen LogP contribution in [0.2, 0.25) is 0 Å². The number of hydrogen-bond acceptors (Lipinski definition) is 4. The molecule has 2 N–H and O–H groups in total. The van der Waals surface area contributed by atoms with Gasteiger partial charge in [-0.25, -0.2) is 4.98 Å². The molecule has 1 heterocycles. The third-order valence-electron chi connectivity index (χ3n) is 3.33. The average Bonchev–Trinajstić information content (AvgIpc) is 2.53. The van der Waals surface area contributed by atoms with E-state index >= 15 is 0 Å². The third-order valence-corrected chi connectivity index (χ3v) is 3.33. The molecule has 21 heavy (non-hydrogen) atoms. The van der Waals surface area contributed by atoms with Gasteiger partial charge in [-0.2, -0.15) is 0 Å². The van der Waals surface area contributed by atoms with E-state index in [1.807, 2.05) is 42.6 Å². The molecule has 0 atom stereocenters. The minimum atomic E-state index is 0.304. The molecule has 106 valence electrons. The van der Waals surface area contributed by atoms with Crippen LogP contribution in [0.3, 0.4) is 0 Å². The highest BCUT2D eigenvalue weighted by atomic mass is 16.3. The van der Waals surface area contributed by atoms with Gasteiger partial charge in [-0.05, 0) is 42.8 Å². The molecule has 0 bridgehead atoms. The Balaban J connectivity index is 1.53. The van der Waals surface area contributed by atoms with E-state index in [1.54, 1.807) is 12.1 Å². The van der Waals surface area contributed by atoms with Crippen molar-refractivity contribution in [3.8, 4) is 5.75 Å². The molecule has 4 heteroatoms. The monoisotopic (exact) mass is 279 g/mol. The molecule has 0 saturated carbocycles. The number of phenolic OH excluding ortho intramolecular Hbond substituents is 1. The van der Waals surface area contributed by atoms with Crippen LogP contribution in [0, 0.1) is 0 Å². The van der Waals surface area contributed by atoms with Gasteiger partial charge in [-0.15, -0.1) is 0 Å². The van der Waals surface area contributed by atoms with Crippen LogP contribution in [0.4, 0.5) is 0 Å². The fourth-order valence-corrected chi connectivity index (χ4v) is 2.19. The summed E-state index contributed by atoms with van der Waals surface area (Å²) in [5.74, 6) is 0.304. The fourth-order valence-electron chi connectivity index (χ4n) is 2.19. The van der Waals surface area contributed by atoms with Gasteiger partial charge in [0.2, 0.25) is 0 Å². The maximum absolute atomic E-state index is 9.23. The Labute approximate surface area is 123 Å². The van der Waals surface area contributed by atoms with E-state index in [4.69, 9.17) is 0 Å². The standard InChI is InChI=1S/C17H17N3O/c21-15-7-5-13(6-8-15)9-10-18-11-14-12-19-16-3-1-2-4-17(16)20-14/h1-8,12,18,21H,9-11H2. The molecule has 0 aliphatic rings. The quantitative estimate of drug-likeness (QED) is 0.705.